The largest absolute Gasteiger partial charge is 0.397 e. The minimum Gasteiger partial charge on any atom is -0.397 e. The fourth-order valence-corrected chi connectivity index (χ4v) is 2.93. The van der Waals surface area contributed by atoms with E-state index >= 15 is 0 Å². The van der Waals surface area contributed by atoms with Crippen LogP contribution in [0.15, 0.2) is 35.2 Å². The van der Waals surface area contributed by atoms with Gasteiger partial charge in [-0.3, -0.25) is 0 Å². The summed E-state index contributed by atoms with van der Waals surface area (Å²) in [5.41, 5.74) is 7.19. The SMILES string of the molecule is C\C=C(N)/C(=C(\C=C\CCC)C(F)F)N1CCNC2(CC2)C1. The Morgan fingerprint density at radius 1 is 1.41 bits per heavy atom. The van der Waals surface area contributed by atoms with E-state index in [1.54, 1.807) is 19.1 Å². The molecular formula is C17H27F2N3. The number of hydrogen-bond acceptors (Lipinski definition) is 3. The summed E-state index contributed by atoms with van der Waals surface area (Å²) in [6, 6.07) is 0. The molecule has 0 radical (unpaired) electrons. The van der Waals surface area contributed by atoms with Crippen LogP contribution in [-0.4, -0.2) is 36.5 Å². The van der Waals surface area contributed by atoms with Gasteiger partial charge in [0.05, 0.1) is 11.4 Å². The van der Waals surface area contributed by atoms with Crippen LogP contribution in [0.4, 0.5) is 8.78 Å². The third-order valence-corrected chi connectivity index (χ3v) is 4.39. The maximum atomic E-state index is 13.6. The Morgan fingerprint density at radius 3 is 2.68 bits per heavy atom. The number of nitrogens with one attached hydrogen (secondary N) is 1. The summed E-state index contributed by atoms with van der Waals surface area (Å²) in [6.45, 7) is 6.11. The second-order valence-corrected chi connectivity index (χ2v) is 6.17. The third kappa shape index (κ3) is 3.88. The smallest absolute Gasteiger partial charge is 0.265 e. The average molecular weight is 311 g/mol. The van der Waals surface area contributed by atoms with Crippen molar-refractivity contribution in [1.29, 1.82) is 0 Å². The van der Waals surface area contributed by atoms with Crippen molar-refractivity contribution in [2.75, 3.05) is 19.6 Å². The van der Waals surface area contributed by atoms with Gasteiger partial charge in [0.2, 0.25) is 0 Å². The van der Waals surface area contributed by atoms with Crippen LogP contribution < -0.4 is 11.1 Å². The first-order valence-electron chi connectivity index (χ1n) is 8.14. The van der Waals surface area contributed by atoms with E-state index in [1.807, 2.05) is 17.9 Å². The standard InChI is InChI=1S/C17H27F2N3/c1-3-5-6-7-13(16(18)19)15(14(20)4-2)22-11-10-21-17(12-22)8-9-17/h4,6-7,16,21H,3,5,8-12,20H2,1-2H3/b7-6+,14-4+,15-13-. The number of hydrogen-bond donors (Lipinski definition) is 2. The van der Waals surface area contributed by atoms with E-state index in [1.165, 1.54) is 0 Å². The molecule has 1 spiro atoms. The molecule has 0 atom stereocenters. The van der Waals surface area contributed by atoms with Gasteiger partial charge in [0.1, 0.15) is 0 Å². The monoisotopic (exact) mass is 311 g/mol. The van der Waals surface area contributed by atoms with Gasteiger partial charge in [-0.2, -0.15) is 0 Å². The molecule has 124 valence electrons. The zero-order valence-electron chi connectivity index (χ0n) is 13.5. The zero-order valence-corrected chi connectivity index (χ0v) is 13.5. The molecule has 1 saturated heterocycles. The Hall–Kier alpha value is -1.36. The van der Waals surface area contributed by atoms with Crippen LogP contribution in [-0.2, 0) is 0 Å². The number of nitrogens with zero attached hydrogens (tertiary/aromatic N) is 1. The van der Waals surface area contributed by atoms with Crippen LogP contribution in [0, 0.1) is 0 Å². The minimum atomic E-state index is -2.52. The first-order valence-corrected chi connectivity index (χ1v) is 8.14. The van der Waals surface area contributed by atoms with Crippen LogP contribution in [0.3, 0.4) is 0 Å². The van der Waals surface area contributed by atoms with Crippen molar-refractivity contribution in [3.63, 3.8) is 0 Å². The van der Waals surface area contributed by atoms with Crippen molar-refractivity contribution < 1.29 is 8.78 Å². The molecule has 2 aliphatic rings. The third-order valence-electron chi connectivity index (χ3n) is 4.39. The minimum absolute atomic E-state index is 0.0433. The lowest BCUT2D eigenvalue weighted by atomic mass is 10.1. The topological polar surface area (TPSA) is 41.3 Å². The molecule has 1 heterocycles. The number of piperazine rings is 1. The van der Waals surface area contributed by atoms with Crippen molar-refractivity contribution >= 4 is 0 Å². The summed E-state index contributed by atoms with van der Waals surface area (Å²) in [5, 5.41) is 3.50. The van der Waals surface area contributed by atoms with Crippen molar-refractivity contribution in [3.05, 3.63) is 35.2 Å². The van der Waals surface area contributed by atoms with Crippen molar-refractivity contribution in [2.24, 2.45) is 5.73 Å². The molecule has 22 heavy (non-hydrogen) atoms. The van der Waals surface area contributed by atoms with Crippen LogP contribution in [0.5, 0.6) is 0 Å². The normalized spacial score (nSPS) is 22.6. The Bertz CT molecular complexity index is 476. The van der Waals surface area contributed by atoms with E-state index in [2.05, 4.69) is 5.32 Å². The number of rotatable bonds is 6. The number of alkyl halides is 2. The first-order chi connectivity index (χ1) is 10.5. The molecule has 1 saturated carbocycles. The zero-order chi connectivity index (χ0) is 16.2. The molecule has 3 N–H and O–H groups in total. The van der Waals surface area contributed by atoms with E-state index in [0.717, 1.165) is 38.8 Å². The van der Waals surface area contributed by atoms with Crippen molar-refractivity contribution in [1.82, 2.24) is 10.2 Å². The van der Waals surface area contributed by atoms with Gasteiger partial charge in [-0.05, 0) is 26.2 Å². The van der Waals surface area contributed by atoms with Gasteiger partial charge in [-0.15, -0.1) is 0 Å². The maximum Gasteiger partial charge on any atom is 0.265 e. The summed E-state index contributed by atoms with van der Waals surface area (Å²) in [5.74, 6) is 0. The Labute approximate surface area is 131 Å². The van der Waals surface area contributed by atoms with Crippen LogP contribution in [0.2, 0.25) is 0 Å². The van der Waals surface area contributed by atoms with E-state index in [0.29, 0.717) is 17.9 Å². The highest BCUT2D eigenvalue weighted by Gasteiger charge is 2.46. The van der Waals surface area contributed by atoms with E-state index in [9.17, 15) is 8.78 Å². The lowest BCUT2D eigenvalue weighted by Gasteiger charge is -2.38. The first kappa shape index (κ1) is 17.0. The van der Waals surface area contributed by atoms with Crippen LogP contribution in [0.25, 0.3) is 0 Å². The Kier molecular flexibility index (Phi) is 5.62. The van der Waals surface area contributed by atoms with Crippen molar-refractivity contribution in [3.8, 4) is 0 Å². The number of allylic oxidation sites excluding steroid dienone is 4. The summed E-state index contributed by atoms with van der Waals surface area (Å²) >= 11 is 0. The summed E-state index contributed by atoms with van der Waals surface area (Å²) in [4.78, 5) is 2.04. The van der Waals surface area contributed by atoms with Gasteiger partial charge in [0.25, 0.3) is 6.43 Å². The molecule has 0 aromatic rings. The van der Waals surface area contributed by atoms with E-state index in [4.69, 9.17) is 5.73 Å². The molecule has 0 bridgehead atoms. The van der Waals surface area contributed by atoms with E-state index in [-0.39, 0.29) is 11.1 Å². The van der Waals surface area contributed by atoms with Gasteiger partial charge in [0, 0.05) is 30.7 Å². The number of unbranched alkanes of at least 4 members (excludes halogenated alkanes) is 1. The second kappa shape index (κ2) is 7.27. The van der Waals surface area contributed by atoms with Gasteiger partial charge < -0.3 is 16.0 Å². The van der Waals surface area contributed by atoms with Gasteiger partial charge in [-0.1, -0.05) is 31.6 Å². The summed E-state index contributed by atoms with van der Waals surface area (Å²) in [7, 11) is 0. The molecule has 0 amide bonds. The molecule has 3 nitrogen and oxygen atoms in total. The van der Waals surface area contributed by atoms with Gasteiger partial charge in [-0.25, -0.2) is 8.78 Å². The number of halogens is 2. The van der Waals surface area contributed by atoms with Gasteiger partial charge >= 0.3 is 0 Å². The Morgan fingerprint density at radius 2 is 2.14 bits per heavy atom. The van der Waals surface area contributed by atoms with Crippen LogP contribution >= 0.6 is 0 Å². The molecule has 0 unspecified atom stereocenters. The second-order valence-electron chi connectivity index (χ2n) is 6.17. The van der Waals surface area contributed by atoms with Gasteiger partial charge in [0.15, 0.2) is 0 Å². The molecule has 0 aromatic heterocycles. The van der Waals surface area contributed by atoms with Crippen molar-refractivity contribution in [2.45, 2.75) is 51.5 Å². The maximum absolute atomic E-state index is 13.6. The molecule has 2 fully saturated rings. The predicted octanol–water partition coefficient (Wildman–Crippen LogP) is 3.16. The van der Waals surface area contributed by atoms with E-state index < -0.39 is 6.43 Å². The molecule has 5 heteroatoms. The predicted molar refractivity (Wildman–Crippen MR) is 86.6 cm³/mol. The molecule has 1 aliphatic carbocycles. The molecular weight excluding hydrogens is 284 g/mol. The average Bonchev–Trinajstić information content (AvgIpc) is 3.24. The quantitative estimate of drug-likeness (QED) is 0.740. The highest BCUT2D eigenvalue weighted by molar-refractivity contribution is 5.39. The Balaban J connectivity index is 2.34. The molecule has 2 rings (SSSR count). The fraction of sp³-hybridized carbons (Fsp3) is 0.647. The lowest BCUT2D eigenvalue weighted by molar-refractivity contribution is 0.181. The summed E-state index contributed by atoms with van der Waals surface area (Å²) in [6.07, 6.45) is 6.54. The highest BCUT2D eigenvalue weighted by atomic mass is 19.3. The molecule has 0 aromatic carbocycles. The summed E-state index contributed by atoms with van der Waals surface area (Å²) < 4.78 is 27.2. The fourth-order valence-electron chi connectivity index (χ4n) is 2.93. The lowest BCUT2D eigenvalue weighted by Crippen LogP contribution is -2.52. The number of nitrogens with two attached hydrogens (primary N) is 1. The highest BCUT2D eigenvalue weighted by Crippen LogP contribution is 2.39. The molecule has 1 aliphatic heterocycles. The van der Waals surface area contributed by atoms with Crippen LogP contribution in [0.1, 0.15) is 39.5 Å².